The third kappa shape index (κ3) is 2.78. The van der Waals surface area contributed by atoms with Crippen LogP contribution in [-0.4, -0.2) is 13.9 Å². The summed E-state index contributed by atoms with van der Waals surface area (Å²) in [4.78, 5) is 1.93. The van der Waals surface area contributed by atoms with Crippen LogP contribution in [0.2, 0.25) is 0 Å². The zero-order chi connectivity index (χ0) is 9.19. The van der Waals surface area contributed by atoms with Gasteiger partial charge < -0.3 is 5.48 Å². The molecule has 0 radical (unpaired) electrons. The van der Waals surface area contributed by atoms with E-state index in [0.717, 1.165) is 5.56 Å². The summed E-state index contributed by atoms with van der Waals surface area (Å²) in [6, 6.07) is 6.43. The van der Waals surface area contributed by atoms with Crippen molar-refractivity contribution in [3.05, 3.63) is 29.8 Å². The molecule has 0 atom stereocenters. The monoisotopic (exact) mass is 204 g/mol. The maximum atomic E-state index is 11.1. The average Bonchev–Trinajstić information content (AvgIpc) is 2.05. The van der Waals surface area contributed by atoms with Gasteiger partial charge in [0.15, 0.2) is 0 Å². The third-order valence-corrected chi connectivity index (χ3v) is 2.69. The molecular weight excluding hydrogens is 192 g/mol. The summed E-state index contributed by atoms with van der Waals surface area (Å²) >= 11 is 0. The van der Waals surface area contributed by atoms with E-state index >= 15 is 0 Å². The Morgan fingerprint density at radius 2 is 1.69 bits per heavy atom. The minimum atomic E-state index is -3.49. The molecule has 0 aliphatic heterocycles. The smallest absolute Gasteiger partial charge is 0.253 e. The van der Waals surface area contributed by atoms with E-state index in [0.29, 0.717) is 0 Å². The zero-order valence-corrected chi connectivity index (χ0v) is 7.93. The van der Waals surface area contributed by atoms with Crippen LogP contribution in [0.3, 0.4) is 0 Å². The number of rotatable bonds is 2. The topological polar surface area (TPSA) is 104 Å². The highest BCUT2D eigenvalue weighted by Crippen LogP contribution is 2.08. The molecule has 1 aromatic carbocycles. The molecule has 0 amide bonds. The summed E-state index contributed by atoms with van der Waals surface area (Å²) in [7, 11) is -3.49. The molecule has 5 N–H and O–H groups in total. The summed E-state index contributed by atoms with van der Waals surface area (Å²) in [6.07, 6.45) is 0. The van der Waals surface area contributed by atoms with Crippen LogP contribution in [0.15, 0.2) is 29.2 Å². The molecule has 6 heteroatoms. The van der Waals surface area contributed by atoms with E-state index in [1.165, 1.54) is 12.1 Å². The van der Waals surface area contributed by atoms with Gasteiger partial charge >= 0.3 is 0 Å². The maximum Gasteiger partial charge on any atom is 0.253 e. The van der Waals surface area contributed by atoms with Crippen LogP contribution in [-0.2, 0) is 10.0 Å². The summed E-state index contributed by atoms with van der Waals surface area (Å²) in [5.41, 5.74) is 1.01. The van der Waals surface area contributed by atoms with Gasteiger partial charge in [-0.05, 0) is 19.1 Å². The molecule has 74 valence electrons. The van der Waals surface area contributed by atoms with E-state index in [2.05, 4.69) is 0 Å². The second-order valence-electron chi connectivity index (χ2n) is 2.43. The molecule has 0 aromatic heterocycles. The molecule has 5 nitrogen and oxygen atoms in total. The van der Waals surface area contributed by atoms with Gasteiger partial charge in [-0.2, -0.15) is 4.83 Å². The number of benzene rings is 1. The van der Waals surface area contributed by atoms with Crippen LogP contribution in [0, 0.1) is 6.92 Å². The number of nitrogens with two attached hydrogens (primary N) is 1. The zero-order valence-electron chi connectivity index (χ0n) is 7.11. The summed E-state index contributed by atoms with van der Waals surface area (Å²) in [5.74, 6) is 4.84. The minimum absolute atomic E-state index is 0. The first-order valence-electron chi connectivity index (χ1n) is 3.35. The molecule has 1 aromatic rings. The molecule has 1 rings (SSSR count). The standard InChI is InChI=1S/C7H10N2O2S.H2O/c1-6-2-4-7(5-3-6)12(10,11)9-8;/h2-5,9H,8H2,1H3;1H2. The van der Waals surface area contributed by atoms with Gasteiger partial charge in [0.2, 0.25) is 0 Å². The fourth-order valence-electron chi connectivity index (χ4n) is 0.785. The van der Waals surface area contributed by atoms with Crippen LogP contribution < -0.4 is 10.7 Å². The lowest BCUT2D eigenvalue weighted by molar-refractivity contribution is 0.584. The Balaban J connectivity index is 0.00000144. The van der Waals surface area contributed by atoms with Gasteiger partial charge in [0.25, 0.3) is 10.0 Å². The van der Waals surface area contributed by atoms with Gasteiger partial charge in [0.05, 0.1) is 4.90 Å². The predicted octanol–water partition coefficient (Wildman–Crippen LogP) is -0.678. The second kappa shape index (κ2) is 4.33. The Hall–Kier alpha value is -0.950. The molecule has 0 aliphatic rings. The van der Waals surface area contributed by atoms with E-state index in [-0.39, 0.29) is 10.4 Å². The van der Waals surface area contributed by atoms with Gasteiger partial charge in [-0.15, -0.1) is 0 Å². The van der Waals surface area contributed by atoms with Crippen LogP contribution in [0.1, 0.15) is 5.56 Å². The highest BCUT2D eigenvalue weighted by molar-refractivity contribution is 7.89. The van der Waals surface area contributed by atoms with E-state index in [9.17, 15) is 8.42 Å². The number of hydrogen-bond acceptors (Lipinski definition) is 3. The second-order valence-corrected chi connectivity index (χ2v) is 4.15. The highest BCUT2D eigenvalue weighted by atomic mass is 32.2. The van der Waals surface area contributed by atoms with Crippen molar-refractivity contribution in [1.29, 1.82) is 0 Å². The van der Waals surface area contributed by atoms with Crippen LogP contribution >= 0.6 is 0 Å². The normalized spacial score (nSPS) is 10.6. The largest absolute Gasteiger partial charge is 0.412 e. The van der Waals surface area contributed by atoms with Crippen LogP contribution in [0.4, 0.5) is 0 Å². The summed E-state index contributed by atoms with van der Waals surface area (Å²) in [6.45, 7) is 1.88. The molecule has 0 heterocycles. The van der Waals surface area contributed by atoms with E-state index in [1.807, 2.05) is 6.92 Å². The fraction of sp³-hybridized carbons (Fsp3) is 0.143. The molecule has 0 unspecified atom stereocenters. The predicted molar refractivity (Wildman–Crippen MR) is 49.3 cm³/mol. The van der Waals surface area contributed by atoms with Crippen molar-refractivity contribution in [2.45, 2.75) is 11.8 Å². The molecule has 0 saturated heterocycles. The quantitative estimate of drug-likeness (QED) is 0.492. The fourth-order valence-corrected chi connectivity index (χ4v) is 1.42. The number of nitrogens with one attached hydrogen (secondary N) is 1. The Morgan fingerprint density at radius 3 is 2.08 bits per heavy atom. The number of hydrazine groups is 1. The van der Waals surface area contributed by atoms with Crippen molar-refractivity contribution in [1.82, 2.24) is 4.83 Å². The Labute approximate surface area is 76.9 Å². The molecule has 0 fully saturated rings. The Bertz CT molecular complexity index is 358. The van der Waals surface area contributed by atoms with Gasteiger partial charge in [-0.1, -0.05) is 17.7 Å². The van der Waals surface area contributed by atoms with E-state index < -0.39 is 10.0 Å². The first-order chi connectivity index (χ1) is 5.56. The first kappa shape index (κ1) is 12.0. The molecule has 0 bridgehead atoms. The summed E-state index contributed by atoms with van der Waals surface area (Å²) in [5, 5.41) is 0. The Morgan fingerprint density at radius 1 is 1.23 bits per heavy atom. The maximum absolute atomic E-state index is 11.1. The molecule has 0 spiro atoms. The van der Waals surface area contributed by atoms with E-state index in [4.69, 9.17) is 5.84 Å². The van der Waals surface area contributed by atoms with Crippen molar-refractivity contribution >= 4 is 10.0 Å². The lowest BCUT2D eigenvalue weighted by Crippen LogP contribution is -2.30. The molecule has 13 heavy (non-hydrogen) atoms. The summed E-state index contributed by atoms with van der Waals surface area (Å²) < 4.78 is 22.2. The lowest BCUT2D eigenvalue weighted by atomic mass is 10.2. The number of hydrogen-bond donors (Lipinski definition) is 2. The van der Waals surface area contributed by atoms with Crippen LogP contribution in [0.5, 0.6) is 0 Å². The van der Waals surface area contributed by atoms with Crippen molar-refractivity contribution < 1.29 is 13.9 Å². The van der Waals surface area contributed by atoms with Crippen LogP contribution in [0.25, 0.3) is 0 Å². The minimum Gasteiger partial charge on any atom is -0.412 e. The number of aryl methyl sites for hydroxylation is 1. The van der Waals surface area contributed by atoms with Crippen molar-refractivity contribution in [3.63, 3.8) is 0 Å². The number of sulfonamides is 1. The molecule has 0 saturated carbocycles. The molecular formula is C7H12N2O3S. The van der Waals surface area contributed by atoms with Gasteiger partial charge in [-0.3, -0.25) is 5.84 Å². The average molecular weight is 204 g/mol. The van der Waals surface area contributed by atoms with Gasteiger partial charge in [-0.25, -0.2) is 8.42 Å². The molecule has 0 aliphatic carbocycles. The SMILES string of the molecule is Cc1ccc(S(=O)(=O)NN)cc1.O. The highest BCUT2D eigenvalue weighted by Gasteiger charge is 2.09. The van der Waals surface area contributed by atoms with E-state index in [1.54, 1.807) is 17.0 Å². The van der Waals surface area contributed by atoms with Gasteiger partial charge in [0, 0.05) is 0 Å². The Kier molecular flexibility index (Phi) is 4.02. The lowest BCUT2D eigenvalue weighted by Gasteiger charge is -2.01. The first-order valence-corrected chi connectivity index (χ1v) is 4.83. The van der Waals surface area contributed by atoms with Gasteiger partial charge in [0.1, 0.15) is 0 Å². The van der Waals surface area contributed by atoms with Crippen molar-refractivity contribution in [2.75, 3.05) is 0 Å². The third-order valence-electron chi connectivity index (χ3n) is 1.49. The van der Waals surface area contributed by atoms with Crippen molar-refractivity contribution in [2.24, 2.45) is 5.84 Å². The van der Waals surface area contributed by atoms with Crippen molar-refractivity contribution in [3.8, 4) is 0 Å².